The van der Waals surface area contributed by atoms with Gasteiger partial charge in [0.2, 0.25) is 0 Å². The van der Waals surface area contributed by atoms with Crippen molar-refractivity contribution in [3.05, 3.63) is 57.4 Å². The molecule has 0 bridgehead atoms. The van der Waals surface area contributed by atoms with Crippen molar-refractivity contribution in [1.82, 2.24) is 14.5 Å². The highest BCUT2D eigenvalue weighted by Crippen LogP contribution is 2.18. The van der Waals surface area contributed by atoms with Crippen molar-refractivity contribution in [2.24, 2.45) is 0 Å². The van der Waals surface area contributed by atoms with E-state index in [1.165, 1.54) is 0 Å². The van der Waals surface area contributed by atoms with E-state index in [4.69, 9.17) is 23.8 Å². The molecule has 2 aromatic heterocycles. The van der Waals surface area contributed by atoms with E-state index in [0.29, 0.717) is 11.3 Å². The Kier molecular flexibility index (Phi) is 3.12. The third-order valence-corrected chi connectivity index (χ3v) is 3.66. The average molecular weight is 290 g/mol. The number of H-pyrrole nitrogens is 1. The summed E-state index contributed by atoms with van der Waals surface area (Å²) in [5.41, 5.74) is 4.12. The fraction of sp³-hybridized carbons (Fsp3) is 0.143. The van der Waals surface area contributed by atoms with Gasteiger partial charge in [-0.25, -0.2) is 4.98 Å². The van der Waals surface area contributed by atoms with Gasteiger partial charge in [-0.2, -0.15) is 0 Å². The normalized spacial score (nSPS) is 11.1. The highest BCUT2D eigenvalue weighted by Gasteiger charge is 2.08. The van der Waals surface area contributed by atoms with Gasteiger partial charge in [0.1, 0.15) is 0 Å². The number of hydrogen-bond donors (Lipinski definition) is 1. The molecule has 0 fully saturated rings. The summed E-state index contributed by atoms with van der Waals surface area (Å²) in [6.45, 7) is 2.70. The Morgan fingerprint density at radius 3 is 3.00 bits per heavy atom. The quantitative estimate of drug-likeness (QED) is 0.721. The first-order valence-electron chi connectivity index (χ1n) is 5.94. The number of nitrogens with one attached hydrogen (secondary N) is 1. The molecule has 3 rings (SSSR count). The molecule has 0 saturated carbocycles. The van der Waals surface area contributed by atoms with Gasteiger partial charge in [-0.3, -0.25) is 4.57 Å². The Hall–Kier alpha value is -1.65. The number of aryl methyl sites for hydroxylation is 1. The molecule has 0 unspecified atom stereocenters. The summed E-state index contributed by atoms with van der Waals surface area (Å²) in [5.74, 6) is 0. The van der Waals surface area contributed by atoms with Crippen molar-refractivity contribution in [3.8, 4) is 0 Å². The third kappa shape index (κ3) is 2.29. The van der Waals surface area contributed by atoms with Crippen LogP contribution in [-0.4, -0.2) is 14.5 Å². The summed E-state index contributed by atoms with van der Waals surface area (Å²) in [6, 6.07) is 9.74. The molecule has 1 aromatic carbocycles. The van der Waals surface area contributed by atoms with Gasteiger partial charge in [0, 0.05) is 11.2 Å². The molecule has 0 aliphatic rings. The van der Waals surface area contributed by atoms with E-state index in [1.54, 1.807) is 6.20 Å². The number of rotatable bonds is 2. The number of imidazole rings is 1. The topological polar surface area (TPSA) is 33.6 Å². The van der Waals surface area contributed by atoms with Crippen molar-refractivity contribution in [3.63, 3.8) is 0 Å². The number of nitrogens with zero attached hydrogens (tertiary/aromatic N) is 2. The van der Waals surface area contributed by atoms with Gasteiger partial charge in [0.15, 0.2) is 10.4 Å². The van der Waals surface area contributed by atoms with Crippen LogP contribution in [0.2, 0.25) is 5.02 Å². The van der Waals surface area contributed by atoms with E-state index in [2.05, 4.69) is 9.97 Å². The molecule has 3 nitrogen and oxygen atoms in total. The molecular formula is C14H12ClN3S. The molecular weight excluding hydrogens is 278 g/mol. The maximum absolute atomic E-state index is 6.01. The Labute approximate surface area is 120 Å². The lowest BCUT2D eigenvalue weighted by atomic mass is 10.2. The van der Waals surface area contributed by atoms with E-state index in [9.17, 15) is 0 Å². The molecule has 0 atom stereocenters. The number of aromatic nitrogens is 3. The van der Waals surface area contributed by atoms with Crippen LogP contribution in [0.5, 0.6) is 0 Å². The van der Waals surface area contributed by atoms with E-state index in [1.807, 2.05) is 41.8 Å². The van der Waals surface area contributed by atoms with E-state index >= 15 is 0 Å². The van der Waals surface area contributed by atoms with Gasteiger partial charge in [-0.15, -0.1) is 0 Å². The fourth-order valence-corrected chi connectivity index (χ4v) is 2.60. The number of benzene rings is 1. The zero-order valence-corrected chi connectivity index (χ0v) is 11.9. The summed E-state index contributed by atoms with van der Waals surface area (Å²) >= 11 is 11.4. The predicted octanol–water partition coefficient (Wildman–Crippen LogP) is 4.10. The Bertz CT molecular complexity index is 804. The summed E-state index contributed by atoms with van der Waals surface area (Å²) < 4.78 is 2.67. The van der Waals surface area contributed by atoms with Gasteiger partial charge in [0.25, 0.3) is 0 Å². The van der Waals surface area contributed by atoms with Crippen LogP contribution in [-0.2, 0) is 6.54 Å². The average Bonchev–Trinajstić information content (AvgIpc) is 2.69. The van der Waals surface area contributed by atoms with Gasteiger partial charge >= 0.3 is 0 Å². The van der Waals surface area contributed by atoms with Gasteiger partial charge < -0.3 is 4.98 Å². The van der Waals surface area contributed by atoms with Crippen LogP contribution in [0.25, 0.3) is 11.2 Å². The van der Waals surface area contributed by atoms with Crippen molar-refractivity contribution < 1.29 is 0 Å². The fourth-order valence-electron chi connectivity index (χ4n) is 2.14. The van der Waals surface area contributed by atoms with E-state index in [0.717, 1.165) is 27.3 Å². The lowest BCUT2D eigenvalue weighted by molar-refractivity contribution is 0.801. The highest BCUT2D eigenvalue weighted by atomic mass is 35.5. The minimum Gasteiger partial charge on any atom is -0.329 e. The van der Waals surface area contributed by atoms with Gasteiger partial charge in [-0.1, -0.05) is 23.7 Å². The molecule has 19 heavy (non-hydrogen) atoms. The first-order chi connectivity index (χ1) is 9.15. The number of fused-ring (bicyclic) bond motifs is 1. The lowest BCUT2D eigenvalue weighted by Gasteiger charge is -2.05. The Balaban J connectivity index is 2.13. The van der Waals surface area contributed by atoms with Gasteiger partial charge in [0.05, 0.1) is 12.1 Å². The van der Waals surface area contributed by atoms with Crippen molar-refractivity contribution in [1.29, 1.82) is 0 Å². The second-order valence-corrected chi connectivity index (χ2v) is 5.30. The van der Waals surface area contributed by atoms with Crippen molar-refractivity contribution in [2.45, 2.75) is 13.5 Å². The highest BCUT2D eigenvalue weighted by molar-refractivity contribution is 7.71. The summed E-state index contributed by atoms with van der Waals surface area (Å²) in [7, 11) is 0. The number of hydrogen-bond acceptors (Lipinski definition) is 2. The van der Waals surface area contributed by atoms with Crippen LogP contribution < -0.4 is 0 Å². The summed E-state index contributed by atoms with van der Waals surface area (Å²) in [4.78, 5) is 7.63. The minimum absolute atomic E-state index is 0.663. The van der Waals surface area contributed by atoms with Crippen LogP contribution in [0, 0.1) is 11.7 Å². The maximum Gasteiger partial charge on any atom is 0.179 e. The predicted molar refractivity (Wildman–Crippen MR) is 80.2 cm³/mol. The van der Waals surface area contributed by atoms with Crippen molar-refractivity contribution >= 4 is 35.0 Å². The van der Waals surface area contributed by atoms with Crippen LogP contribution in [0.15, 0.2) is 36.5 Å². The largest absolute Gasteiger partial charge is 0.329 e. The number of aromatic amines is 1. The molecule has 96 valence electrons. The lowest BCUT2D eigenvalue weighted by Crippen LogP contribution is -2.00. The summed E-state index contributed by atoms with van der Waals surface area (Å²) in [6.07, 6.45) is 1.80. The van der Waals surface area contributed by atoms with Crippen LogP contribution in [0.1, 0.15) is 11.1 Å². The number of pyridine rings is 1. The number of halogens is 1. The van der Waals surface area contributed by atoms with Gasteiger partial charge in [-0.05, 0) is 48.5 Å². The van der Waals surface area contributed by atoms with E-state index in [-0.39, 0.29) is 0 Å². The van der Waals surface area contributed by atoms with Crippen molar-refractivity contribution in [2.75, 3.05) is 0 Å². The monoisotopic (exact) mass is 289 g/mol. The Morgan fingerprint density at radius 1 is 1.37 bits per heavy atom. The molecule has 0 radical (unpaired) electrons. The third-order valence-electron chi connectivity index (χ3n) is 3.10. The van der Waals surface area contributed by atoms with E-state index < -0.39 is 0 Å². The maximum atomic E-state index is 6.01. The smallest absolute Gasteiger partial charge is 0.179 e. The molecule has 3 aromatic rings. The van der Waals surface area contributed by atoms with Crippen LogP contribution in [0.3, 0.4) is 0 Å². The molecule has 1 N–H and O–H groups in total. The molecule has 0 amide bonds. The summed E-state index contributed by atoms with van der Waals surface area (Å²) in [5, 5.41) is 0.730. The first-order valence-corrected chi connectivity index (χ1v) is 6.72. The molecule has 0 aliphatic carbocycles. The minimum atomic E-state index is 0.663. The molecule has 5 heteroatoms. The SMILES string of the molecule is Cc1ccnc2c1[nH]c(=S)n2Cc1cccc(Cl)c1. The molecule has 0 spiro atoms. The van der Waals surface area contributed by atoms with Crippen LogP contribution >= 0.6 is 23.8 Å². The molecule has 0 aliphatic heterocycles. The standard InChI is InChI=1S/C14H12ClN3S/c1-9-5-6-16-13-12(9)17-14(19)18(13)8-10-3-2-4-11(15)7-10/h2-7H,8H2,1H3,(H,17,19). The molecule has 0 saturated heterocycles. The zero-order valence-electron chi connectivity index (χ0n) is 10.4. The Morgan fingerprint density at radius 2 is 2.21 bits per heavy atom. The zero-order chi connectivity index (χ0) is 13.4. The second-order valence-electron chi connectivity index (χ2n) is 4.47. The molecule has 2 heterocycles. The first kappa shape index (κ1) is 12.4. The second kappa shape index (κ2) is 4.79. The van der Waals surface area contributed by atoms with Crippen LogP contribution in [0.4, 0.5) is 0 Å².